The summed E-state index contributed by atoms with van der Waals surface area (Å²) in [4.78, 5) is 0. The van der Waals surface area contributed by atoms with Crippen LogP contribution >= 0.6 is 0 Å². The molecule has 0 saturated carbocycles. The van der Waals surface area contributed by atoms with Gasteiger partial charge in [-0.15, -0.1) is 5.10 Å². The molecule has 0 atom stereocenters. The molecule has 0 aliphatic carbocycles. The van der Waals surface area contributed by atoms with Gasteiger partial charge in [-0.1, -0.05) is 17.3 Å². The monoisotopic (exact) mass is 233 g/mol. The van der Waals surface area contributed by atoms with Gasteiger partial charge in [-0.05, 0) is 24.6 Å². The van der Waals surface area contributed by atoms with Crippen LogP contribution in [0.3, 0.4) is 0 Å². The number of hydrogen-bond donors (Lipinski definition) is 1. The van der Waals surface area contributed by atoms with Gasteiger partial charge in [0.15, 0.2) is 0 Å². The van der Waals surface area contributed by atoms with E-state index in [2.05, 4.69) is 10.3 Å². The second-order valence-corrected chi connectivity index (χ2v) is 3.79. The van der Waals surface area contributed by atoms with Crippen molar-refractivity contribution in [1.29, 1.82) is 0 Å². The Morgan fingerprint density at radius 3 is 2.53 bits per heavy atom. The summed E-state index contributed by atoms with van der Waals surface area (Å²) in [6, 6.07) is 7.79. The Kier molecular flexibility index (Phi) is 3.39. The molecule has 0 spiro atoms. The summed E-state index contributed by atoms with van der Waals surface area (Å²) >= 11 is 0. The molecule has 0 aliphatic rings. The van der Waals surface area contributed by atoms with E-state index in [9.17, 15) is 0 Å². The van der Waals surface area contributed by atoms with Gasteiger partial charge in [0, 0.05) is 0 Å². The fourth-order valence-electron chi connectivity index (χ4n) is 1.60. The van der Waals surface area contributed by atoms with Crippen LogP contribution in [-0.4, -0.2) is 27.2 Å². The molecule has 0 aliphatic heterocycles. The van der Waals surface area contributed by atoms with Gasteiger partial charge in [-0.3, -0.25) is 0 Å². The molecule has 1 heterocycles. The molecular weight excluding hydrogens is 218 g/mol. The van der Waals surface area contributed by atoms with Gasteiger partial charge in [0.25, 0.3) is 0 Å². The largest absolute Gasteiger partial charge is 0.497 e. The molecule has 0 bridgehead atoms. The number of ether oxygens (including phenoxy) is 1. The highest BCUT2D eigenvalue weighted by molar-refractivity contribution is 5.27. The van der Waals surface area contributed by atoms with Crippen LogP contribution in [0.5, 0.6) is 5.75 Å². The topological polar surface area (TPSA) is 60.2 Å². The Morgan fingerprint density at radius 1 is 1.29 bits per heavy atom. The molecule has 5 nitrogen and oxygen atoms in total. The van der Waals surface area contributed by atoms with Crippen LogP contribution in [0, 0.1) is 6.92 Å². The second kappa shape index (κ2) is 4.97. The van der Waals surface area contributed by atoms with Crippen LogP contribution < -0.4 is 4.74 Å². The third kappa shape index (κ3) is 2.45. The number of nitrogens with zero attached hydrogens (tertiary/aromatic N) is 3. The van der Waals surface area contributed by atoms with Crippen LogP contribution in [0.15, 0.2) is 24.3 Å². The third-order valence-electron chi connectivity index (χ3n) is 2.72. The van der Waals surface area contributed by atoms with E-state index in [0.717, 1.165) is 17.0 Å². The van der Waals surface area contributed by atoms with Crippen molar-refractivity contribution < 1.29 is 9.84 Å². The van der Waals surface area contributed by atoms with Crippen molar-refractivity contribution in [3.05, 3.63) is 41.2 Å². The normalized spacial score (nSPS) is 10.5. The minimum atomic E-state index is -0.0750. The van der Waals surface area contributed by atoms with E-state index >= 15 is 0 Å². The summed E-state index contributed by atoms with van der Waals surface area (Å²) in [6.45, 7) is 2.46. The van der Waals surface area contributed by atoms with E-state index < -0.39 is 0 Å². The first kappa shape index (κ1) is 11.6. The van der Waals surface area contributed by atoms with Crippen molar-refractivity contribution >= 4 is 0 Å². The zero-order valence-electron chi connectivity index (χ0n) is 9.92. The van der Waals surface area contributed by atoms with E-state index in [-0.39, 0.29) is 6.61 Å². The fourth-order valence-corrected chi connectivity index (χ4v) is 1.60. The Labute approximate surface area is 99.7 Å². The van der Waals surface area contributed by atoms with E-state index in [4.69, 9.17) is 9.84 Å². The lowest BCUT2D eigenvalue weighted by molar-refractivity contribution is 0.276. The van der Waals surface area contributed by atoms with Crippen LogP contribution in [0.1, 0.15) is 17.0 Å². The number of benzene rings is 1. The number of aliphatic hydroxyl groups excluding tert-OH is 1. The zero-order valence-corrected chi connectivity index (χ0v) is 9.92. The smallest absolute Gasteiger partial charge is 0.118 e. The maximum absolute atomic E-state index is 9.03. The summed E-state index contributed by atoms with van der Waals surface area (Å²) in [6.07, 6.45) is 0. The molecule has 90 valence electrons. The standard InChI is InChI=1S/C12H15N3O2/c1-9-12(8-16)13-14-15(9)7-10-3-5-11(17-2)6-4-10/h3-6,16H,7-8H2,1-2H3. The van der Waals surface area contributed by atoms with Crippen molar-refractivity contribution in [2.75, 3.05) is 7.11 Å². The van der Waals surface area contributed by atoms with Crippen LogP contribution in [0.2, 0.25) is 0 Å². The number of aliphatic hydroxyl groups is 1. The molecule has 1 aromatic heterocycles. The third-order valence-corrected chi connectivity index (χ3v) is 2.72. The summed E-state index contributed by atoms with van der Waals surface area (Å²) in [7, 11) is 1.64. The predicted molar refractivity (Wildman–Crippen MR) is 62.8 cm³/mol. The number of rotatable bonds is 4. The Bertz CT molecular complexity index is 491. The van der Waals surface area contributed by atoms with Crippen molar-refractivity contribution in [1.82, 2.24) is 15.0 Å². The maximum atomic E-state index is 9.03. The molecule has 2 rings (SSSR count). The lowest BCUT2D eigenvalue weighted by Crippen LogP contribution is -2.04. The minimum absolute atomic E-state index is 0.0750. The molecule has 1 aromatic carbocycles. The first-order valence-corrected chi connectivity index (χ1v) is 5.37. The molecule has 2 aromatic rings. The Balaban J connectivity index is 2.16. The summed E-state index contributed by atoms with van der Waals surface area (Å²) < 4.78 is 6.87. The summed E-state index contributed by atoms with van der Waals surface area (Å²) in [5.41, 5.74) is 2.63. The number of hydrogen-bond acceptors (Lipinski definition) is 4. The van der Waals surface area contributed by atoms with Crippen LogP contribution in [-0.2, 0) is 13.2 Å². The minimum Gasteiger partial charge on any atom is -0.497 e. The van der Waals surface area contributed by atoms with Gasteiger partial charge in [-0.2, -0.15) is 0 Å². The molecule has 1 N–H and O–H groups in total. The van der Waals surface area contributed by atoms with Gasteiger partial charge in [-0.25, -0.2) is 4.68 Å². The van der Waals surface area contributed by atoms with Gasteiger partial charge < -0.3 is 9.84 Å². The van der Waals surface area contributed by atoms with E-state index in [0.29, 0.717) is 12.2 Å². The van der Waals surface area contributed by atoms with E-state index in [1.165, 1.54) is 0 Å². The molecule has 0 saturated heterocycles. The Hall–Kier alpha value is -1.88. The molecule has 0 unspecified atom stereocenters. The highest BCUT2D eigenvalue weighted by atomic mass is 16.5. The lowest BCUT2D eigenvalue weighted by Gasteiger charge is -2.05. The highest BCUT2D eigenvalue weighted by Crippen LogP contribution is 2.13. The molecule has 0 amide bonds. The number of methoxy groups -OCH3 is 1. The van der Waals surface area contributed by atoms with Crippen LogP contribution in [0.25, 0.3) is 0 Å². The predicted octanol–water partition coefficient (Wildman–Crippen LogP) is 1.14. The van der Waals surface area contributed by atoms with Gasteiger partial charge in [0.1, 0.15) is 11.4 Å². The maximum Gasteiger partial charge on any atom is 0.118 e. The van der Waals surface area contributed by atoms with Gasteiger partial charge in [0.2, 0.25) is 0 Å². The van der Waals surface area contributed by atoms with Crippen LogP contribution in [0.4, 0.5) is 0 Å². The molecular formula is C12H15N3O2. The Morgan fingerprint density at radius 2 is 2.00 bits per heavy atom. The van der Waals surface area contributed by atoms with E-state index in [1.54, 1.807) is 11.8 Å². The molecule has 0 radical (unpaired) electrons. The fraction of sp³-hybridized carbons (Fsp3) is 0.333. The van der Waals surface area contributed by atoms with Crippen molar-refractivity contribution in [3.8, 4) is 5.75 Å². The molecule has 17 heavy (non-hydrogen) atoms. The highest BCUT2D eigenvalue weighted by Gasteiger charge is 2.07. The van der Waals surface area contributed by atoms with Gasteiger partial charge in [0.05, 0.1) is 26.0 Å². The summed E-state index contributed by atoms with van der Waals surface area (Å²) in [5.74, 6) is 0.833. The van der Waals surface area contributed by atoms with Crippen molar-refractivity contribution in [2.45, 2.75) is 20.1 Å². The SMILES string of the molecule is COc1ccc(Cn2nnc(CO)c2C)cc1. The summed E-state index contributed by atoms with van der Waals surface area (Å²) in [5, 5.41) is 16.9. The van der Waals surface area contributed by atoms with Crippen molar-refractivity contribution in [2.24, 2.45) is 0 Å². The molecule has 5 heteroatoms. The van der Waals surface area contributed by atoms with Gasteiger partial charge >= 0.3 is 0 Å². The number of aromatic nitrogens is 3. The average molecular weight is 233 g/mol. The first-order valence-electron chi connectivity index (χ1n) is 5.37. The first-order chi connectivity index (χ1) is 8.24. The van der Waals surface area contributed by atoms with E-state index in [1.807, 2.05) is 31.2 Å². The average Bonchev–Trinajstić information content (AvgIpc) is 2.71. The quantitative estimate of drug-likeness (QED) is 0.860. The van der Waals surface area contributed by atoms with Crippen molar-refractivity contribution in [3.63, 3.8) is 0 Å². The molecule has 0 fully saturated rings. The lowest BCUT2D eigenvalue weighted by atomic mass is 10.2. The zero-order chi connectivity index (χ0) is 12.3. The second-order valence-electron chi connectivity index (χ2n) is 3.79.